The van der Waals surface area contributed by atoms with Crippen molar-refractivity contribution in [1.29, 1.82) is 5.26 Å². The fourth-order valence-electron chi connectivity index (χ4n) is 2.54. The van der Waals surface area contributed by atoms with Gasteiger partial charge in [-0.2, -0.15) is 5.26 Å². The Hall–Kier alpha value is -3.39. The molecule has 0 radical (unpaired) electrons. The summed E-state index contributed by atoms with van der Waals surface area (Å²) in [7, 11) is 3.06. The van der Waals surface area contributed by atoms with E-state index in [4.69, 9.17) is 14.7 Å². The molecule has 0 aliphatic rings. The Morgan fingerprint density at radius 3 is 2.12 bits per heavy atom. The lowest BCUT2D eigenvalue weighted by molar-refractivity contribution is 0.343. The molecule has 0 saturated heterocycles. The van der Waals surface area contributed by atoms with E-state index in [-0.39, 0.29) is 5.82 Å². The zero-order valence-corrected chi connectivity index (χ0v) is 13.8. The highest BCUT2D eigenvalue weighted by Crippen LogP contribution is 2.38. The van der Waals surface area contributed by atoms with Crippen LogP contribution in [0.1, 0.15) is 5.56 Å². The number of nitrogens with zero attached hydrogens (tertiary/aromatic N) is 2. The van der Waals surface area contributed by atoms with Crippen LogP contribution in [-0.4, -0.2) is 19.2 Å². The first-order valence-electron chi connectivity index (χ1n) is 7.55. The molecule has 4 nitrogen and oxygen atoms in total. The number of benzene rings is 2. The first-order valence-corrected chi connectivity index (χ1v) is 7.55. The van der Waals surface area contributed by atoms with Crippen molar-refractivity contribution in [2.45, 2.75) is 0 Å². The minimum absolute atomic E-state index is 0.308. The van der Waals surface area contributed by atoms with E-state index in [1.807, 2.05) is 18.2 Å². The van der Waals surface area contributed by atoms with Gasteiger partial charge in [0.1, 0.15) is 5.82 Å². The average Bonchev–Trinajstić information content (AvgIpc) is 2.67. The molecule has 0 aliphatic heterocycles. The number of pyridine rings is 1. The number of ether oxygens (including phenoxy) is 2. The maximum Gasteiger partial charge on any atom is 0.257 e. The second-order valence-electron chi connectivity index (χ2n) is 5.29. The zero-order valence-electron chi connectivity index (χ0n) is 13.8. The Labute approximate surface area is 145 Å². The topological polar surface area (TPSA) is 55.1 Å². The number of hydrogen-bond acceptors (Lipinski definition) is 4. The minimum atomic E-state index is -0.308. The molecule has 2 aromatic carbocycles. The van der Waals surface area contributed by atoms with Gasteiger partial charge in [0, 0.05) is 11.1 Å². The van der Waals surface area contributed by atoms with Gasteiger partial charge < -0.3 is 9.47 Å². The van der Waals surface area contributed by atoms with Crippen molar-refractivity contribution >= 4 is 0 Å². The monoisotopic (exact) mass is 334 g/mol. The molecule has 5 heteroatoms. The lowest BCUT2D eigenvalue weighted by Crippen LogP contribution is -1.98. The van der Waals surface area contributed by atoms with Crippen molar-refractivity contribution in [3.8, 4) is 40.1 Å². The second-order valence-corrected chi connectivity index (χ2v) is 5.29. The number of methoxy groups -OCH3 is 2. The standard InChI is InChI=1S/C20H15FN2O2/c1-24-18-11-17(14-7-9-16(21)10-8-14)19(23-20(18)25-2)15-5-3-13(12-22)4-6-15/h3-11H,1-2H3. The van der Waals surface area contributed by atoms with Crippen LogP contribution in [0.3, 0.4) is 0 Å². The lowest BCUT2D eigenvalue weighted by atomic mass is 9.98. The quantitative estimate of drug-likeness (QED) is 0.707. The highest BCUT2D eigenvalue weighted by molar-refractivity contribution is 5.82. The molecule has 1 heterocycles. The van der Waals surface area contributed by atoms with Gasteiger partial charge in [-0.15, -0.1) is 0 Å². The normalized spacial score (nSPS) is 10.2. The highest BCUT2D eigenvalue weighted by Gasteiger charge is 2.16. The maximum atomic E-state index is 13.3. The van der Waals surface area contributed by atoms with E-state index in [2.05, 4.69) is 11.1 Å². The maximum absolute atomic E-state index is 13.3. The number of hydrogen-bond donors (Lipinski definition) is 0. The molecule has 3 rings (SSSR count). The van der Waals surface area contributed by atoms with Crippen LogP contribution in [0.15, 0.2) is 54.6 Å². The van der Waals surface area contributed by atoms with Crippen LogP contribution >= 0.6 is 0 Å². The van der Waals surface area contributed by atoms with Gasteiger partial charge in [0.05, 0.1) is 31.5 Å². The van der Waals surface area contributed by atoms with Crippen molar-refractivity contribution in [3.05, 3.63) is 66.0 Å². The summed E-state index contributed by atoms with van der Waals surface area (Å²) < 4.78 is 23.9. The smallest absolute Gasteiger partial charge is 0.257 e. The Morgan fingerprint density at radius 1 is 0.920 bits per heavy atom. The van der Waals surface area contributed by atoms with Crippen LogP contribution < -0.4 is 9.47 Å². The molecular formula is C20H15FN2O2. The van der Waals surface area contributed by atoms with E-state index >= 15 is 0 Å². The minimum Gasteiger partial charge on any atom is -0.491 e. The van der Waals surface area contributed by atoms with Gasteiger partial charge in [0.25, 0.3) is 5.88 Å². The Balaban J connectivity index is 2.23. The molecule has 0 N–H and O–H groups in total. The van der Waals surface area contributed by atoms with E-state index in [0.717, 1.165) is 16.7 Å². The average molecular weight is 334 g/mol. The molecule has 0 amide bonds. The Kier molecular flexibility index (Phi) is 4.62. The van der Waals surface area contributed by atoms with Gasteiger partial charge in [-0.3, -0.25) is 0 Å². The van der Waals surface area contributed by atoms with Gasteiger partial charge in [-0.25, -0.2) is 9.37 Å². The fourth-order valence-corrected chi connectivity index (χ4v) is 2.54. The van der Waals surface area contributed by atoms with Crippen molar-refractivity contribution in [2.24, 2.45) is 0 Å². The molecule has 0 unspecified atom stereocenters. The van der Waals surface area contributed by atoms with Crippen LogP contribution in [0.25, 0.3) is 22.4 Å². The molecule has 124 valence electrons. The summed E-state index contributed by atoms with van der Waals surface area (Å²) in [5, 5.41) is 8.97. The molecule has 0 bridgehead atoms. The largest absolute Gasteiger partial charge is 0.491 e. The van der Waals surface area contributed by atoms with Crippen LogP contribution in [0, 0.1) is 17.1 Å². The van der Waals surface area contributed by atoms with Gasteiger partial charge >= 0.3 is 0 Å². The SMILES string of the molecule is COc1cc(-c2ccc(F)cc2)c(-c2ccc(C#N)cc2)nc1OC. The summed E-state index contributed by atoms with van der Waals surface area (Å²) in [6, 6.07) is 17.2. The van der Waals surface area contributed by atoms with E-state index in [1.54, 1.807) is 24.3 Å². The van der Waals surface area contributed by atoms with Gasteiger partial charge in [-0.1, -0.05) is 24.3 Å². The summed E-state index contributed by atoms with van der Waals surface area (Å²) in [4.78, 5) is 4.56. The summed E-state index contributed by atoms with van der Waals surface area (Å²) in [6.45, 7) is 0. The molecule has 1 aromatic heterocycles. The molecular weight excluding hydrogens is 319 g/mol. The molecule has 3 aromatic rings. The molecule has 0 spiro atoms. The van der Waals surface area contributed by atoms with Crippen molar-refractivity contribution in [1.82, 2.24) is 4.98 Å². The Bertz CT molecular complexity index is 930. The third-order valence-electron chi connectivity index (χ3n) is 3.81. The third-order valence-corrected chi connectivity index (χ3v) is 3.81. The summed E-state index contributed by atoms with van der Waals surface area (Å²) in [6.07, 6.45) is 0. The first kappa shape index (κ1) is 16.5. The summed E-state index contributed by atoms with van der Waals surface area (Å²) in [5.41, 5.74) is 3.62. The highest BCUT2D eigenvalue weighted by atomic mass is 19.1. The predicted octanol–water partition coefficient (Wildman–Crippen LogP) is 4.44. The number of nitriles is 1. The number of halogens is 1. The Morgan fingerprint density at radius 2 is 1.56 bits per heavy atom. The molecule has 0 fully saturated rings. The van der Waals surface area contributed by atoms with Crippen LogP contribution in [0.2, 0.25) is 0 Å². The second kappa shape index (κ2) is 7.02. The lowest BCUT2D eigenvalue weighted by Gasteiger charge is -2.14. The fraction of sp³-hybridized carbons (Fsp3) is 0.100. The molecule has 25 heavy (non-hydrogen) atoms. The van der Waals surface area contributed by atoms with Crippen molar-refractivity contribution in [3.63, 3.8) is 0 Å². The van der Waals surface area contributed by atoms with Crippen molar-refractivity contribution in [2.75, 3.05) is 14.2 Å². The number of rotatable bonds is 4. The number of aromatic nitrogens is 1. The third kappa shape index (κ3) is 3.29. The van der Waals surface area contributed by atoms with E-state index in [9.17, 15) is 4.39 Å². The molecule has 0 saturated carbocycles. The first-order chi connectivity index (χ1) is 12.2. The van der Waals surface area contributed by atoms with E-state index in [0.29, 0.717) is 22.9 Å². The predicted molar refractivity (Wildman–Crippen MR) is 92.9 cm³/mol. The van der Waals surface area contributed by atoms with E-state index < -0.39 is 0 Å². The molecule has 0 aliphatic carbocycles. The molecule has 0 atom stereocenters. The van der Waals surface area contributed by atoms with E-state index in [1.165, 1.54) is 26.4 Å². The van der Waals surface area contributed by atoms with Crippen LogP contribution in [0.4, 0.5) is 4.39 Å². The van der Waals surface area contributed by atoms with Crippen molar-refractivity contribution < 1.29 is 13.9 Å². The van der Waals surface area contributed by atoms with Gasteiger partial charge in [0.15, 0.2) is 5.75 Å². The van der Waals surface area contributed by atoms with Crippen LogP contribution in [0.5, 0.6) is 11.6 Å². The summed E-state index contributed by atoms with van der Waals surface area (Å²) in [5.74, 6) is 0.532. The van der Waals surface area contributed by atoms with Gasteiger partial charge in [0.2, 0.25) is 0 Å². The summed E-state index contributed by atoms with van der Waals surface area (Å²) >= 11 is 0. The zero-order chi connectivity index (χ0) is 17.8. The van der Waals surface area contributed by atoms with Gasteiger partial charge in [-0.05, 0) is 35.9 Å². The van der Waals surface area contributed by atoms with Crippen LogP contribution in [-0.2, 0) is 0 Å².